The molecule has 0 aromatic heterocycles. The van der Waals surface area contributed by atoms with E-state index in [1.165, 1.54) is 25.9 Å². The van der Waals surface area contributed by atoms with E-state index < -0.39 is 11.8 Å². The lowest BCUT2D eigenvalue weighted by Gasteiger charge is -2.15. The second kappa shape index (κ2) is 9.19. The zero-order chi connectivity index (χ0) is 19.1. The normalized spacial score (nSPS) is 14.1. The van der Waals surface area contributed by atoms with Gasteiger partial charge < -0.3 is 15.8 Å². The van der Waals surface area contributed by atoms with Crippen LogP contribution in [-0.2, 0) is 16.0 Å². The molecule has 1 aliphatic rings. The summed E-state index contributed by atoms with van der Waals surface area (Å²) in [5.41, 5.74) is 7.60. The maximum absolute atomic E-state index is 11.6. The van der Waals surface area contributed by atoms with E-state index in [1.54, 1.807) is 12.1 Å². The molecule has 1 fully saturated rings. The molecule has 0 unspecified atom stereocenters. The predicted octanol–water partition coefficient (Wildman–Crippen LogP) is 2.18. The summed E-state index contributed by atoms with van der Waals surface area (Å²) in [6.45, 7) is 4.01. The van der Waals surface area contributed by atoms with Crippen molar-refractivity contribution < 1.29 is 14.3 Å². The van der Waals surface area contributed by atoms with E-state index >= 15 is 0 Å². The fraction of sp³-hybridized carbons (Fsp3) is 0.333. The van der Waals surface area contributed by atoms with Gasteiger partial charge in [0.1, 0.15) is 12.4 Å². The number of benzene rings is 2. The molecule has 3 N–H and O–H groups in total. The van der Waals surface area contributed by atoms with Crippen molar-refractivity contribution in [2.45, 2.75) is 19.3 Å². The van der Waals surface area contributed by atoms with Crippen molar-refractivity contribution in [3.05, 3.63) is 59.7 Å². The molecular weight excluding hydrogens is 342 g/mol. The Labute approximate surface area is 159 Å². The van der Waals surface area contributed by atoms with Gasteiger partial charge in [0.2, 0.25) is 0 Å². The molecule has 1 heterocycles. The number of nitrogens with two attached hydrogens (primary N) is 1. The number of amides is 2. The number of likely N-dealkylation sites (tertiary alicyclic amines) is 1. The number of primary amides is 1. The van der Waals surface area contributed by atoms with Gasteiger partial charge in [-0.25, -0.2) is 0 Å². The first-order valence-electron chi connectivity index (χ1n) is 9.24. The van der Waals surface area contributed by atoms with Crippen LogP contribution in [0, 0.1) is 0 Å². The molecule has 3 rings (SSSR count). The van der Waals surface area contributed by atoms with Crippen LogP contribution in [0.3, 0.4) is 0 Å². The van der Waals surface area contributed by atoms with Gasteiger partial charge in [0.15, 0.2) is 0 Å². The lowest BCUT2D eigenvalue weighted by molar-refractivity contribution is -0.134. The number of rotatable bonds is 7. The lowest BCUT2D eigenvalue weighted by atomic mass is 10.0. The van der Waals surface area contributed by atoms with Gasteiger partial charge in [0.05, 0.1) is 0 Å². The average molecular weight is 367 g/mol. The lowest BCUT2D eigenvalue weighted by Crippen LogP contribution is -2.29. The number of carbonyl (C=O) groups excluding carboxylic acids is 2. The van der Waals surface area contributed by atoms with Gasteiger partial charge >= 0.3 is 11.8 Å². The number of para-hydroxylation sites is 1. The Balaban J connectivity index is 1.56. The van der Waals surface area contributed by atoms with Gasteiger partial charge in [0, 0.05) is 12.2 Å². The number of hydrogen-bond acceptors (Lipinski definition) is 4. The van der Waals surface area contributed by atoms with Crippen molar-refractivity contribution >= 4 is 17.5 Å². The van der Waals surface area contributed by atoms with Gasteiger partial charge in [-0.1, -0.05) is 30.3 Å². The maximum atomic E-state index is 11.6. The highest BCUT2D eigenvalue weighted by Crippen LogP contribution is 2.21. The zero-order valence-corrected chi connectivity index (χ0v) is 15.3. The summed E-state index contributed by atoms with van der Waals surface area (Å²) >= 11 is 0. The van der Waals surface area contributed by atoms with Crippen LogP contribution in [0.15, 0.2) is 48.5 Å². The Kier molecular flexibility index (Phi) is 6.44. The summed E-state index contributed by atoms with van der Waals surface area (Å²) in [5, 5.41) is 2.55. The molecule has 2 aromatic rings. The van der Waals surface area contributed by atoms with Gasteiger partial charge in [-0.3, -0.25) is 14.5 Å². The van der Waals surface area contributed by atoms with Crippen molar-refractivity contribution in [2.75, 3.05) is 31.6 Å². The first-order valence-corrected chi connectivity index (χ1v) is 9.24. The number of anilines is 1. The summed E-state index contributed by atoms with van der Waals surface area (Å²) in [5.74, 6) is -0.960. The molecule has 0 aliphatic carbocycles. The summed E-state index contributed by atoms with van der Waals surface area (Å²) in [4.78, 5) is 24.9. The Bertz CT molecular complexity index is 784. The van der Waals surface area contributed by atoms with Crippen LogP contribution in [0.25, 0.3) is 0 Å². The van der Waals surface area contributed by atoms with Crippen molar-refractivity contribution in [2.24, 2.45) is 5.73 Å². The third-order valence-corrected chi connectivity index (χ3v) is 4.68. The van der Waals surface area contributed by atoms with E-state index in [4.69, 9.17) is 10.5 Å². The van der Waals surface area contributed by atoms with Crippen LogP contribution in [0.2, 0.25) is 0 Å². The molecule has 2 amide bonds. The van der Waals surface area contributed by atoms with Crippen LogP contribution < -0.4 is 15.8 Å². The molecule has 27 heavy (non-hydrogen) atoms. The predicted molar refractivity (Wildman–Crippen MR) is 105 cm³/mol. The minimum Gasteiger partial charge on any atom is -0.492 e. The second-order valence-corrected chi connectivity index (χ2v) is 6.69. The largest absolute Gasteiger partial charge is 0.492 e. The summed E-state index contributed by atoms with van der Waals surface area (Å²) in [7, 11) is 0. The van der Waals surface area contributed by atoms with E-state index in [1.807, 2.05) is 36.4 Å². The molecule has 6 heteroatoms. The number of ether oxygens (including phenoxy) is 1. The van der Waals surface area contributed by atoms with Crippen molar-refractivity contribution in [3.63, 3.8) is 0 Å². The molecule has 142 valence electrons. The summed E-state index contributed by atoms with van der Waals surface area (Å²) < 4.78 is 5.83. The van der Waals surface area contributed by atoms with Crippen LogP contribution in [0.5, 0.6) is 5.75 Å². The Morgan fingerprint density at radius 3 is 2.44 bits per heavy atom. The van der Waals surface area contributed by atoms with Crippen molar-refractivity contribution in [3.8, 4) is 5.75 Å². The van der Waals surface area contributed by atoms with Crippen molar-refractivity contribution in [1.29, 1.82) is 0 Å². The molecule has 0 saturated carbocycles. The van der Waals surface area contributed by atoms with Crippen LogP contribution in [0.1, 0.15) is 24.0 Å². The van der Waals surface area contributed by atoms with E-state index in [0.29, 0.717) is 18.7 Å². The Hall–Kier alpha value is -2.86. The van der Waals surface area contributed by atoms with Gasteiger partial charge in [-0.2, -0.15) is 0 Å². The molecule has 0 radical (unpaired) electrons. The molecule has 0 atom stereocenters. The Morgan fingerprint density at radius 2 is 1.74 bits per heavy atom. The third-order valence-electron chi connectivity index (χ3n) is 4.68. The van der Waals surface area contributed by atoms with Gasteiger partial charge in [-0.15, -0.1) is 0 Å². The molecule has 6 nitrogen and oxygen atoms in total. The monoisotopic (exact) mass is 367 g/mol. The van der Waals surface area contributed by atoms with E-state index in [-0.39, 0.29) is 0 Å². The van der Waals surface area contributed by atoms with E-state index in [0.717, 1.165) is 23.4 Å². The molecule has 2 aromatic carbocycles. The third kappa shape index (κ3) is 5.56. The quantitative estimate of drug-likeness (QED) is 0.735. The molecular formula is C21H25N3O3. The van der Waals surface area contributed by atoms with E-state index in [9.17, 15) is 9.59 Å². The maximum Gasteiger partial charge on any atom is 0.313 e. The minimum absolute atomic E-state index is 0.590. The zero-order valence-electron chi connectivity index (χ0n) is 15.3. The smallest absolute Gasteiger partial charge is 0.313 e. The number of carbonyl (C=O) groups is 2. The van der Waals surface area contributed by atoms with Crippen LogP contribution in [-0.4, -0.2) is 43.0 Å². The summed E-state index contributed by atoms with van der Waals surface area (Å²) in [6, 6.07) is 15.3. The highest BCUT2D eigenvalue weighted by Gasteiger charge is 2.12. The van der Waals surface area contributed by atoms with Gasteiger partial charge in [-0.05, 0) is 61.7 Å². The topological polar surface area (TPSA) is 84.7 Å². The fourth-order valence-corrected chi connectivity index (χ4v) is 3.20. The fourth-order valence-electron chi connectivity index (χ4n) is 3.20. The highest BCUT2D eigenvalue weighted by atomic mass is 16.5. The molecule has 1 aliphatic heterocycles. The number of nitrogens with zero attached hydrogens (tertiary/aromatic N) is 1. The first-order chi connectivity index (χ1) is 13.1. The van der Waals surface area contributed by atoms with Crippen molar-refractivity contribution in [1.82, 2.24) is 4.90 Å². The van der Waals surface area contributed by atoms with Crippen LogP contribution in [0.4, 0.5) is 5.69 Å². The highest BCUT2D eigenvalue weighted by molar-refractivity contribution is 6.39. The molecule has 0 bridgehead atoms. The number of hydrogen-bond donors (Lipinski definition) is 2. The molecule has 0 spiro atoms. The first kappa shape index (κ1) is 18.9. The standard InChI is InChI=1S/C21H25N3O3/c22-20(25)21(26)23-19-6-2-1-5-17(19)15-16-7-9-18(10-8-16)27-14-13-24-11-3-4-12-24/h1-2,5-10H,3-4,11-15H2,(H2,22,25)(H,23,26). The SMILES string of the molecule is NC(=O)C(=O)Nc1ccccc1Cc1ccc(OCCN2CCCC2)cc1. The average Bonchev–Trinajstić information content (AvgIpc) is 3.18. The van der Waals surface area contributed by atoms with E-state index in [2.05, 4.69) is 10.2 Å². The number of nitrogens with one attached hydrogen (secondary N) is 1. The van der Waals surface area contributed by atoms with Crippen LogP contribution >= 0.6 is 0 Å². The Morgan fingerprint density at radius 1 is 1.04 bits per heavy atom. The molecule has 1 saturated heterocycles. The summed E-state index contributed by atoms with van der Waals surface area (Å²) in [6.07, 6.45) is 3.20. The second-order valence-electron chi connectivity index (χ2n) is 6.69. The minimum atomic E-state index is -1.000. The van der Waals surface area contributed by atoms with Gasteiger partial charge in [0.25, 0.3) is 0 Å².